The van der Waals surface area contributed by atoms with E-state index in [1.54, 1.807) is 0 Å². The van der Waals surface area contributed by atoms with Crippen LogP contribution in [0.5, 0.6) is 5.75 Å². The van der Waals surface area contributed by atoms with Crippen LogP contribution in [0, 0.1) is 3.57 Å². The fourth-order valence-corrected chi connectivity index (χ4v) is 1.89. The first-order valence-electron chi connectivity index (χ1n) is 6.59. The standard InChI is InChI=1S/C14H21IN2O3/c1-16-8-2-3-14(19)17-9-12(18)10-20-13-6-4-11(15)5-7-13/h4-7,12,16,18H,2-3,8-10H2,1H3,(H,17,19). The zero-order valence-corrected chi connectivity index (χ0v) is 13.7. The smallest absolute Gasteiger partial charge is 0.220 e. The Morgan fingerprint density at radius 2 is 2.10 bits per heavy atom. The molecule has 1 aromatic rings. The highest BCUT2D eigenvalue weighted by Crippen LogP contribution is 2.13. The zero-order valence-electron chi connectivity index (χ0n) is 11.6. The summed E-state index contributed by atoms with van der Waals surface area (Å²) in [6.45, 7) is 1.19. The molecular formula is C14H21IN2O3. The van der Waals surface area contributed by atoms with Crippen molar-refractivity contribution in [1.29, 1.82) is 0 Å². The third kappa shape index (κ3) is 7.66. The normalized spacial score (nSPS) is 11.9. The van der Waals surface area contributed by atoms with Crippen molar-refractivity contribution >= 4 is 28.5 Å². The molecule has 1 aromatic carbocycles. The molecule has 6 heteroatoms. The fourth-order valence-electron chi connectivity index (χ4n) is 1.53. The van der Waals surface area contributed by atoms with Crippen molar-refractivity contribution in [2.75, 3.05) is 26.7 Å². The van der Waals surface area contributed by atoms with Crippen LogP contribution in [-0.2, 0) is 4.79 Å². The molecule has 0 saturated carbocycles. The molecule has 0 aliphatic carbocycles. The van der Waals surface area contributed by atoms with Gasteiger partial charge in [-0.2, -0.15) is 0 Å². The SMILES string of the molecule is CNCCCC(=O)NCC(O)COc1ccc(I)cc1. The predicted molar refractivity (Wildman–Crippen MR) is 86.8 cm³/mol. The first-order valence-corrected chi connectivity index (χ1v) is 7.67. The van der Waals surface area contributed by atoms with Crippen LogP contribution < -0.4 is 15.4 Å². The van der Waals surface area contributed by atoms with E-state index in [2.05, 4.69) is 33.2 Å². The van der Waals surface area contributed by atoms with Crippen LogP contribution in [0.2, 0.25) is 0 Å². The second-order valence-electron chi connectivity index (χ2n) is 4.43. The van der Waals surface area contributed by atoms with E-state index < -0.39 is 6.10 Å². The molecule has 3 N–H and O–H groups in total. The number of nitrogens with one attached hydrogen (secondary N) is 2. The van der Waals surface area contributed by atoms with E-state index in [1.807, 2.05) is 31.3 Å². The molecule has 20 heavy (non-hydrogen) atoms. The number of carbonyl (C=O) groups excluding carboxylic acids is 1. The Bertz CT molecular complexity index is 398. The minimum atomic E-state index is -0.706. The molecule has 0 heterocycles. The lowest BCUT2D eigenvalue weighted by Gasteiger charge is -2.13. The van der Waals surface area contributed by atoms with Crippen LogP contribution >= 0.6 is 22.6 Å². The summed E-state index contributed by atoms with van der Waals surface area (Å²) in [5, 5.41) is 15.4. The minimum Gasteiger partial charge on any atom is -0.491 e. The predicted octanol–water partition coefficient (Wildman–Crippen LogP) is 1.15. The van der Waals surface area contributed by atoms with Gasteiger partial charge in [0.15, 0.2) is 0 Å². The van der Waals surface area contributed by atoms with Gasteiger partial charge in [0.2, 0.25) is 5.91 Å². The maximum atomic E-state index is 11.4. The fraction of sp³-hybridized carbons (Fsp3) is 0.500. The number of rotatable bonds is 9. The highest BCUT2D eigenvalue weighted by Gasteiger charge is 2.08. The van der Waals surface area contributed by atoms with Crippen molar-refractivity contribution in [1.82, 2.24) is 10.6 Å². The molecule has 1 amide bonds. The van der Waals surface area contributed by atoms with E-state index >= 15 is 0 Å². The molecule has 0 saturated heterocycles. The number of halogens is 1. The van der Waals surface area contributed by atoms with Crippen LogP contribution in [0.15, 0.2) is 24.3 Å². The topological polar surface area (TPSA) is 70.6 Å². The van der Waals surface area contributed by atoms with Gasteiger partial charge in [-0.3, -0.25) is 4.79 Å². The number of benzene rings is 1. The summed E-state index contributed by atoms with van der Waals surface area (Å²) in [5.41, 5.74) is 0. The van der Waals surface area contributed by atoms with E-state index in [9.17, 15) is 9.90 Å². The largest absolute Gasteiger partial charge is 0.491 e. The molecule has 5 nitrogen and oxygen atoms in total. The van der Waals surface area contributed by atoms with E-state index in [0.717, 1.165) is 16.5 Å². The van der Waals surface area contributed by atoms with Gasteiger partial charge in [-0.1, -0.05) is 0 Å². The minimum absolute atomic E-state index is 0.0476. The van der Waals surface area contributed by atoms with Crippen LogP contribution in [0.25, 0.3) is 0 Å². The molecule has 0 radical (unpaired) electrons. The Morgan fingerprint density at radius 3 is 2.75 bits per heavy atom. The van der Waals surface area contributed by atoms with Crippen LogP contribution in [-0.4, -0.2) is 43.9 Å². The Hall–Kier alpha value is -0.860. The molecule has 1 unspecified atom stereocenters. The molecular weight excluding hydrogens is 371 g/mol. The third-order valence-electron chi connectivity index (χ3n) is 2.62. The average Bonchev–Trinajstić information content (AvgIpc) is 2.45. The number of carbonyl (C=O) groups is 1. The summed E-state index contributed by atoms with van der Waals surface area (Å²) >= 11 is 2.22. The number of aliphatic hydroxyl groups excluding tert-OH is 1. The van der Waals surface area contributed by atoms with Gasteiger partial charge >= 0.3 is 0 Å². The lowest BCUT2D eigenvalue weighted by molar-refractivity contribution is -0.121. The summed E-state index contributed by atoms with van der Waals surface area (Å²) in [7, 11) is 1.85. The van der Waals surface area contributed by atoms with Crippen molar-refractivity contribution in [3.8, 4) is 5.75 Å². The summed E-state index contributed by atoms with van der Waals surface area (Å²) in [6.07, 6.45) is 0.547. The summed E-state index contributed by atoms with van der Waals surface area (Å²) in [4.78, 5) is 11.4. The number of hydrogen-bond acceptors (Lipinski definition) is 4. The zero-order chi connectivity index (χ0) is 14.8. The second kappa shape index (κ2) is 9.95. The highest BCUT2D eigenvalue weighted by atomic mass is 127. The van der Waals surface area contributed by atoms with E-state index in [0.29, 0.717) is 12.2 Å². The monoisotopic (exact) mass is 392 g/mol. The molecule has 1 rings (SSSR count). The third-order valence-corrected chi connectivity index (χ3v) is 3.34. The lowest BCUT2D eigenvalue weighted by Crippen LogP contribution is -2.35. The van der Waals surface area contributed by atoms with Gasteiger partial charge in [0.05, 0.1) is 0 Å². The molecule has 0 spiro atoms. The van der Waals surface area contributed by atoms with Crippen molar-refractivity contribution in [3.05, 3.63) is 27.8 Å². The van der Waals surface area contributed by atoms with Crippen molar-refractivity contribution < 1.29 is 14.6 Å². The average molecular weight is 392 g/mol. The molecule has 1 atom stereocenters. The molecule has 0 bridgehead atoms. The second-order valence-corrected chi connectivity index (χ2v) is 5.68. The van der Waals surface area contributed by atoms with E-state index in [1.165, 1.54) is 0 Å². The quantitative estimate of drug-likeness (QED) is 0.436. The maximum absolute atomic E-state index is 11.4. The molecule has 112 valence electrons. The van der Waals surface area contributed by atoms with E-state index in [-0.39, 0.29) is 19.1 Å². The number of amides is 1. The van der Waals surface area contributed by atoms with Crippen molar-refractivity contribution in [2.24, 2.45) is 0 Å². The van der Waals surface area contributed by atoms with E-state index in [4.69, 9.17) is 4.74 Å². The Kier molecular flexibility index (Phi) is 8.56. The van der Waals surface area contributed by atoms with Gasteiger partial charge in [0, 0.05) is 16.5 Å². The summed E-state index contributed by atoms with van der Waals surface area (Å²) in [5.74, 6) is 0.665. The van der Waals surface area contributed by atoms with Crippen LogP contribution in [0.1, 0.15) is 12.8 Å². The van der Waals surface area contributed by atoms with Crippen LogP contribution in [0.4, 0.5) is 0 Å². The lowest BCUT2D eigenvalue weighted by atomic mass is 10.3. The first-order chi connectivity index (χ1) is 9.61. The van der Waals surface area contributed by atoms with Gasteiger partial charge < -0.3 is 20.5 Å². The van der Waals surface area contributed by atoms with Crippen LogP contribution in [0.3, 0.4) is 0 Å². The molecule has 0 aromatic heterocycles. The molecule has 0 aliphatic heterocycles. The van der Waals surface area contributed by atoms with Gasteiger partial charge in [-0.15, -0.1) is 0 Å². The Balaban J connectivity index is 2.15. The number of aliphatic hydroxyl groups is 1. The Morgan fingerprint density at radius 1 is 1.40 bits per heavy atom. The number of ether oxygens (including phenoxy) is 1. The maximum Gasteiger partial charge on any atom is 0.220 e. The first kappa shape index (κ1) is 17.2. The highest BCUT2D eigenvalue weighted by molar-refractivity contribution is 14.1. The summed E-state index contributed by atoms with van der Waals surface area (Å²) < 4.78 is 6.57. The molecule has 0 fully saturated rings. The summed E-state index contributed by atoms with van der Waals surface area (Å²) in [6, 6.07) is 7.58. The van der Waals surface area contributed by atoms with Gasteiger partial charge in [0.25, 0.3) is 0 Å². The molecule has 0 aliphatic rings. The van der Waals surface area contributed by atoms with Gasteiger partial charge in [-0.25, -0.2) is 0 Å². The number of hydrogen-bond donors (Lipinski definition) is 3. The van der Waals surface area contributed by atoms with Crippen molar-refractivity contribution in [3.63, 3.8) is 0 Å². The van der Waals surface area contributed by atoms with Crippen molar-refractivity contribution in [2.45, 2.75) is 18.9 Å². The van der Waals surface area contributed by atoms with Gasteiger partial charge in [-0.05, 0) is 66.9 Å². The Labute approximate surface area is 133 Å². The van der Waals surface area contributed by atoms with Gasteiger partial charge in [0.1, 0.15) is 18.5 Å².